The third-order valence-corrected chi connectivity index (χ3v) is 7.32. The van der Waals surface area contributed by atoms with Crippen LogP contribution in [-0.2, 0) is 4.74 Å². The fourth-order valence-corrected chi connectivity index (χ4v) is 5.58. The number of aromatic amines is 1. The summed E-state index contributed by atoms with van der Waals surface area (Å²) in [5.41, 5.74) is 1.82. The van der Waals surface area contributed by atoms with Crippen LogP contribution in [0.5, 0.6) is 0 Å². The fraction of sp³-hybridized carbons (Fsp3) is 0.233. The van der Waals surface area contributed by atoms with Gasteiger partial charge in [0, 0.05) is 47.1 Å². The predicted octanol–water partition coefficient (Wildman–Crippen LogP) is 7.40. The molecule has 0 saturated carbocycles. The summed E-state index contributed by atoms with van der Waals surface area (Å²) in [6.45, 7) is 7.12. The second-order valence-electron chi connectivity index (χ2n) is 10.6. The van der Waals surface area contributed by atoms with Gasteiger partial charge in [0.1, 0.15) is 17.7 Å². The summed E-state index contributed by atoms with van der Waals surface area (Å²) in [5, 5.41) is 10.7. The molecule has 0 fully saturated rings. The van der Waals surface area contributed by atoms with E-state index in [1.807, 2.05) is 26.0 Å². The lowest BCUT2D eigenvalue weighted by Gasteiger charge is -2.44. The van der Waals surface area contributed by atoms with Crippen LogP contribution in [0, 0.1) is 18.6 Å². The minimum absolute atomic E-state index is 0.128. The van der Waals surface area contributed by atoms with E-state index >= 15 is 8.78 Å². The number of halogens is 2. The first-order chi connectivity index (χ1) is 19.1. The van der Waals surface area contributed by atoms with Crippen molar-refractivity contribution >= 4 is 28.4 Å². The molecular weight excluding hydrogens is 516 g/mol. The van der Waals surface area contributed by atoms with Crippen molar-refractivity contribution < 1.29 is 22.8 Å². The van der Waals surface area contributed by atoms with Crippen LogP contribution in [0.25, 0.3) is 33.4 Å². The van der Waals surface area contributed by atoms with E-state index in [1.165, 1.54) is 6.07 Å². The molecule has 0 unspecified atom stereocenters. The molecule has 0 spiro atoms. The van der Waals surface area contributed by atoms with Gasteiger partial charge in [-0.1, -0.05) is 42.4 Å². The van der Waals surface area contributed by atoms with E-state index in [-0.39, 0.29) is 11.1 Å². The van der Waals surface area contributed by atoms with Gasteiger partial charge in [0.2, 0.25) is 11.7 Å². The predicted molar refractivity (Wildman–Crippen MR) is 148 cm³/mol. The van der Waals surface area contributed by atoms with Crippen molar-refractivity contribution in [3.63, 3.8) is 0 Å². The zero-order valence-electron chi connectivity index (χ0n) is 22.3. The Balaban J connectivity index is 1.30. The van der Waals surface area contributed by atoms with Gasteiger partial charge in [-0.2, -0.15) is 4.98 Å². The van der Waals surface area contributed by atoms with Gasteiger partial charge in [0.15, 0.2) is 0 Å². The maximum Gasteiger partial charge on any atom is 0.411 e. The highest BCUT2D eigenvalue weighted by Gasteiger charge is 2.45. The molecule has 8 nitrogen and oxygen atoms in total. The van der Waals surface area contributed by atoms with Crippen molar-refractivity contribution in [1.29, 1.82) is 0 Å². The molecule has 2 atom stereocenters. The van der Waals surface area contributed by atoms with E-state index in [0.29, 0.717) is 39.7 Å². The average molecular weight is 544 g/mol. The second kappa shape index (κ2) is 9.48. The third-order valence-electron chi connectivity index (χ3n) is 7.32. The van der Waals surface area contributed by atoms with Gasteiger partial charge in [-0.3, -0.25) is 5.32 Å². The highest BCUT2D eigenvalue weighted by atomic mass is 19.1. The van der Waals surface area contributed by atoms with Gasteiger partial charge in [-0.15, -0.1) is 0 Å². The smallest absolute Gasteiger partial charge is 0.411 e. The first-order valence-electron chi connectivity index (χ1n) is 12.9. The molecule has 5 aromatic rings. The van der Waals surface area contributed by atoms with Crippen LogP contribution in [0.4, 0.5) is 25.0 Å². The monoisotopic (exact) mass is 543 g/mol. The molecule has 2 aromatic heterocycles. The number of carbonyl (C=O) groups is 1. The summed E-state index contributed by atoms with van der Waals surface area (Å²) >= 11 is 0. The Morgan fingerprint density at radius 2 is 1.93 bits per heavy atom. The van der Waals surface area contributed by atoms with E-state index in [1.54, 1.807) is 56.4 Å². The summed E-state index contributed by atoms with van der Waals surface area (Å²) in [4.78, 5) is 20.3. The van der Waals surface area contributed by atoms with Gasteiger partial charge in [0.25, 0.3) is 0 Å². The quantitative estimate of drug-likeness (QED) is 0.218. The topological polar surface area (TPSA) is 105 Å². The lowest BCUT2D eigenvalue weighted by atomic mass is 9.77. The first-order valence-corrected chi connectivity index (χ1v) is 12.9. The standard InChI is InChI=1S/C30H27F2N5O3/c1-15-23-22(14-21(31)24(25(23)32)20-10-6-7-17-11-12-33-26(17)20)36-30(3,4)27(15)39-29(38)35-19-9-5-8-18(13-19)28-34-16(2)40-37-28/h5-15,27,33,36H,1-4H3,(H,35,38)/t15-,27+/m1/s1. The van der Waals surface area contributed by atoms with E-state index in [2.05, 4.69) is 25.8 Å². The largest absolute Gasteiger partial charge is 0.443 e. The SMILES string of the molecule is Cc1nc(-c2cccc(NC(=O)O[C@H]3[C@H](C)c4c(cc(F)c(-c5cccc6cc[nH]c56)c4F)NC3(C)C)c2)no1. The number of nitrogens with one attached hydrogen (secondary N) is 3. The minimum atomic E-state index is -0.826. The zero-order chi connectivity index (χ0) is 28.2. The Morgan fingerprint density at radius 1 is 1.12 bits per heavy atom. The molecule has 10 heteroatoms. The highest BCUT2D eigenvalue weighted by molar-refractivity contribution is 5.95. The van der Waals surface area contributed by atoms with Crippen LogP contribution in [0.3, 0.4) is 0 Å². The molecule has 0 aliphatic carbocycles. The number of amides is 1. The molecule has 3 N–H and O–H groups in total. The minimum Gasteiger partial charge on any atom is -0.443 e. The van der Waals surface area contributed by atoms with Crippen LogP contribution in [0.1, 0.15) is 38.1 Å². The molecule has 204 valence electrons. The second-order valence-corrected chi connectivity index (χ2v) is 10.6. The van der Waals surface area contributed by atoms with Crippen molar-refractivity contribution in [1.82, 2.24) is 15.1 Å². The number of benzene rings is 3. The molecule has 0 radical (unpaired) electrons. The van der Waals surface area contributed by atoms with Crippen molar-refractivity contribution in [3.8, 4) is 22.5 Å². The number of carbonyl (C=O) groups excluding carboxylic acids is 1. The number of fused-ring (bicyclic) bond motifs is 2. The number of hydrogen-bond donors (Lipinski definition) is 3. The van der Waals surface area contributed by atoms with E-state index in [4.69, 9.17) is 9.26 Å². The average Bonchev–Trinajstić information content (AvgIpc) is 3.55. The molecule has 1 amide bonds. The van der Waals surface area contributed by atoms with E-state index in [0.717, 1.165) is 5.39 Å². The summed E-state index contributed by atoms with van der Waals surface area (Å²) in [6.07, 6.45) is 0.240. The molecule has 3 heterocycles. The third kappa shape index (κ3) is 4.35. The van der Waals surface area contributed by atoms with Crippen molar-refractivity contribution in [2.45, 2.75) is 45.3 Å². The van der Waals surface area contributed by atoms with Crippen molar-refractivity contribution in [2.75, 3.05) is 10.6 Å². The Kier molecular flexibility index (Phi) is 6.05. The number of aromatic nitrogens is 3. The lowest BCUT2D eigenvalue weighted by Crippen LogP contribution is -2.52. The highest BCUT2D eigenvalue weighted by Crippen LogP contribution is 2.46. The van der Waals surface area contributed by atoms with Crippen molar-refractivity contribution in [2.24, 2.45) is 0 Å². The Bertz CT molecular complexity index is 1760. The van der Waals surface area contributed by atoms with Crippen molar-refractivity contribution in [3.05, 3.63) is 83.9 Å². The number of aryl methyl sites for hydroxylation is 1. The van der Waals surface area contributed by atoms with Gasteiger partial charge in [0.05, 0.1) is 16.6 Å². The molecule has 0 bridgehead atoms. The number of rotatable bonds is 4. The van der Waals surface area contributed by atoms with Crippen LogP contribution in [0.15, 0.2) is 65.3 Å². The molecule has 3 aromatic carbocycles. The summed E-state index contributed by atoms with van der Waals surface area (Å²) in [7, 11) is 0. The van der Waals surface area contributed by atoms with Gasteiger partial charge in [-0.05, 0) is 43.5 Å². The van der Waals surface area contributed by atoms with Crippen LogP contribution in [-0.4, -0.2) is 32.9 Å². The lowest BCUT2D eigenvalue weighted by molar-refractivity contribution is 0.0561. The van der Waals surface area contributed by atoms with E-state index in [9.17, 15) is 4.79 Å². The number of para-hydroxylation sites is 1. The normalized spacial score (nSPS) is 17.8. The van der Waals surface area contributed by atoms with Gasteiger partial charge >= 0.3 is 6.09 Å². The Morgan fingerprint density at radius 3 is 2.70 bits per heavy atom. The fourth-order valence-electron chi connectivity index (χ4n) is 5.58. The summed E-state index contributed by atoms with van der Waals surface area (Å²) in [5.74, 6) is -1.14. The van der Waals surface area contributed by atoms with Gasteiger partial charge < -0.3 is 19.6 Å². The zero-order valence-corrected chi connectivity index (χ0v) is 22.3. The van der Waals surface area contributed by atoms with Gasteiger partial charge in [-0.25, -0.2) is 13.6 Å². The maximum absolute atomic E-state index is 16.2. The molecule has 6 rings (SSSR count). The first kappa shape index (κ1) is 25.5. The maximum atomic E-state index is 16.2. The number of anilines is 2. The van der Waals surface area contributed by atoms with Crippen LogP contribution < -0.4 is 10.6 Å². The molecule has 0 saturated heterocycles. The van der Waals surface area contributed by atoms with Crippen LogP contribution >= 0.6 is 0 Å². The number of nitrogens with zero attached hydrogens (tertiary/aromatic N) is 2. The van der Waals surface area contributed by atoms with Crippen LogP contribution in [0.2, 0.25) is 0 Å². The Labute approximate surface area is 228 Å². The van der Waals surface area contributed by atoms with E-state index < -0.39 is 35.3 Å². The molecule has 1 aliphatic heterocycles. The molecule has 40 heavy (non-hydrogen) atoms. The number of ether oxygens (including phenoxy) is 1. The number of hydrogen-bond acceptors (Lipinski definition) is 6. The summed E-state index contributed by atoms with van der Waals surface area (Å²) < 4.78 is 42.6. The molecule has 1 aliphatic rings. The summed E-state index contributed by atoms with van der Waals surface area (Å²) in [6, 6.07) is 15.4. The number of H-pyrrole nitrogens is 1. The Hall–Kier alpha value is -4.73. The molecular formula is C30H27F2N5O3.